The van der Waals surface area contributed by atoms with Crippen molar-refractivity contribution in [2.24, 2.45) is 5.10 Å². The molecule has 10 heteroatoms. The number of carbonyl (C=O) groups is 1. The van der Waals surface area contributed by atoms with Crippen molar-refractivity contribution in [2.45, 2.75) is 31.6 Å². The maximum Gasteiger partial charge on any atom is 0.264 e. The first-order valence-electron chi connectivity index (χ1n) is 11.1. The monoisotopic (exact) mass is 573 g/mol. The summed E-state index contributed by atoms with van der Waals surface area (Å²) in [6, 6.07) is 16.7. The second-order valence-electron chi connectivity index (χ2n) is 8.42. The summed E-state index contributed by atoms with van der Waals surface area (Å²) in [5.74, 6) is -0.173. The number of hydrogen-bond acceptors (Lipinski definition) is 6. The molecule has 3 aromatic carbocycles. The van der Waals surface area contributed by atoms with E-state index in [0.717, 1.165) is 15.4 Å². The van der Waals surface area contributed by atoms with Crippen molar-refractivity contribution < 1.29 is 23.1 Å². The minimum Gasteiger partial charge on any atom is -0.503 e. The van der Waals surface area contributed by atoms with E-state index in [0.29, 0.717) is 15.7 Å². The molecule has 1 amide bonds. The molecule has 3 aromatic rings. The van der Waals surface area contributed by atoms with E-state index in [9.17, 15) is 18.3 Å². The molecule has 0 atom stereocenters. The van der Waals surface area contributed by atoms with Crippen LogP contribution in [0.3, 0.4) is 0 Å². The zero-order valence-corrected chi connectivity index (χ0v) is 22.8. The van der Waals surface area contributed by atoms with Gasteiger partial charge in [0, 0.05) is 0 Å². The number of amides is 1. The van der Waals surface area contributed by atoms with Crippen LogP contribution in [-0.4, -0.2) is 39.3 Å². The molecule has 8 nitrogen and oxygen atoms in total. The smallest absolute Gasteiger partial charge is 0.264 e. The minimum absolute atomic E-state index is 0.0564. The molecule has 0 aromatic heterocycles. The number of phenolic OH excluding ortho intramolecular Hbond substituents is 1. The first-order chi connectivity index (χ1) is 17.0. The molecule has 0 heterocycles. The average Bonchev–Trinajstić information content (AvgIpc) is 2.84. The number of hydrogen-bond donors (Lipinski definition) is 2. The second-order valence-corrected chi connectivity index (χ2v) is 11.1. The van der Waals surface area contributed by atoms with Crippen LogP contribution in [0, 0.1) is 6.92 Å². The molecular formula is C26H28BrN3O5S. The summed E-state index contributed by atoms with van der Waals surface area (Å²) >= 11 is 3.23. The Morgan fingerprint density at radius 2 is 1.78 bits per heavy atom. The Bertz CT molecular complexity index is 1360. The van der Waals surface area contributed by atoms with Gasteiger partial charge in [-0.05, 0) is 76.3 Å². The third-order valence-electron chi connectivity index (χ3n) is 5.42. The molecule has 0 aliphatic rings. The first-order valence-corrected chi connectivity index (χ1v) is 13.3. The number of aromatic hydroxyl groups is 1. The zero-order chi connectivity index (χ0) is 26.5. The van der Waals surface area contributed by atoms with Crippen LogP contribution in [0.4, 0.5) is 5.69 Å². The fourth-order valence-corrected chi connectivity index (χ4v) is 5.23. The summed E-state index contributed by atoms with van der Waals surface area (Å²) in [5, 5.41) is 13.9. The number of carbonyl (C=O) groups excluding carboxylic acids is 1. The molecule has 0 radical (unpaired) electrons. The van der Waals surface area contributed by atoms with Gasteiger partial charge < -0.3 is 9.84 Å². The molecule has 0 bridgehead atoms. The number of hydrazone groups is 1. The van der Waals surface area contributed by atoms with Crippen LogP contribution < -0.4 is 14.5 Å². The van der Waals surface area contributed by atoms with E-state index in [1.807, 2.05) is 32.9 Å². The summed E-state index contributed by atoms with van der Waals surface area (Å²) < 4.78 is 33.6. The Morgan fingerprint density at radius 1 is 1.14 bits per heavy atom. The van der Waals surface area contributed by atoms with Gasteiger partial charge in [-0.2, -0.15) is 5.10 Å². The number of nitrogens with one attached hydrogen (secondary N) is 1. The van der Waals surface area contributed by atoms with Gasteiger partial charge >= 0.3 is 0 Å². The largest absolute Gasteiger partial charge is 0.503 e. The molecule has 0 aliphatic heterocycles. The maximum atomic E-state index is 13.5. The minimum atomic E-state index is -4.03. The number of sulfonamides is 1. The van der Waals surface area contributed by atoms with E-state index in [4.69, 9.17) is 4.74 Å². The Kier molecular flexibility index (Phi) is 8.75. The van der Waals surface area contributed by atoms with Crippen LogP contribution in [0.2, 0.25) is 0 Å². The fraction of sp³-hybridized carbons (Fsp3) is 0.231. The third-order valence-corrected chi connectivity index (χ3v) is 7.81. The molecule has 36 heavy (non-hydrogen) atoms. The Balaban J connectivity index is 1.86. The second kappa shape index (κ2) is 11.6. The number of phenols is 1. The number of ether oxygens (including phenoxy) is 1. The van der Waals surface area contributed by atoms with E-state index in [1.54, 1.807) is 36.4 Å². The highest BCUT2D eigenvalue weighted by Crippen LogP contribution is 2.34. The van der Waals surface area contributed by atoms with Crippen LogP contribution >= 0.6 is 15.9 Å². The summed E-state index contributed by atoms with van der Waals surface area (Å²) in [6.07, 6.45) is 1.36. The molecule has 0 spiro atoms. The van der Waals surface area contributed by atoms with E-state index in [-0.39, 0.29) is 22.3 Å². The molecule has 0 saturated heterocycles. The zero-order valence-electron chi connectivity index (χ0n) is 20.4. The number of methoxy groups -OCH3 is 1. The van der Waals surface area contributed by atoms with Crippen molar-refractivity contribution in [3.8, 4) is 11.5 Å². The molecule has 0 unspecified atom stereocenters. The predicted molar refractivity (Wildman–Crippen MR) is 144 cm³/mol. The highest BCUT2D eigenvalue weighted by molar-refractivity contribution is 9.10. The molecule has 3 rings (SSSR count). The number of nitrogens with zero attached hydrogens (tertiary/aromatic N) is 2. The molecule has 0 aliphatic carbocycles. The molecule has 2 N–H and O–H groups in total. The normalized spacial score (nSPS) is 11.6. The Hall–Kier alpha value is -3.37. The van der Waals surface area contributed by atoms with Crippen molar-refractivity contribution >= 4 is 43.8 Å². The number of anilines is 1. The van der Waals surface area contributed by atoms with E-state index in [1.165, 1.54) is 25.5 Å². The van der Waals surface area contributed by atoms with Crippen LogP contribution in [0.15, 0.2) is 75.1 Å². The van der Waals surface area contributed by atoms with Crippen molar-refractivity contribution in [1.82, 2.24) is 5.43 Å². The first kappa shape index (κ1) is 27.2. The SMILES string of the molecule is COc1cc(/C=N\NC(=O)CN(c2ccc(C(C)C)cc2)S(=O)(=O)c2ccc(C)cc2)cc(Br)c1O. The lowest BCUT2D eigenvalue weighted by Gasteiger charge is -2.24. The lowest BCUT2D eigenvalue weighted by atomic mass is 10.0. The van der Waals surface area contributed by atoms with Gasteiger partial charge in [0.15, 0.2) is 11.5 Å². The van der Waals surface area contributed by atoms with Crippen LogP contribution in [0.25, 0.3) is 0 Å². The standard InChI is InChI=1S/C26H28BrN3O5S/c1-17(2)20-7-9-21(10-8-20)30(36(33,34)22-11-5-18(3)6-12-22)16-25(31)29-28-15-19-13-23(27)26(32)24(14-19)35-4/h5-15,17,32H,16H2,1-4H3,(H,29,31)/b28-15-. The number of halogens is 1. The van der Waals surface area contributed by atoms with Crippen LogP contribution in [0.1, 0.15) is 36.5 Å². The van der Waals surface area contributed by atoms with E-state index >= 15 is 0 Å². The van der Waals surface area contributed by atoms with Gasteiger partial charge in [0.2, 0.25) is 0 Å². The van der Waals surface area contributed by atoms with Gasteiger partial charge in [0.05, 0.1) is 28.4 Å². The van der Waals surface area contributed by atoms with E-state index in [2.05, 4.69) is 26.5 Å². The highest BCUT2D eigenvalue weighted by Gasteiger charge is 2.27. The van der Waals surface area contributed by atoms with E-state index < -0.39 is 22.5 Å². The lowest BCUT2D eigenvalue weighted by Crippen LogP contribution is -2.39. The van der Waals surface area contributed by atoms with Gasteiger partial charge in [-0.1, -0.05) is 43.7 Å². The topological polar surface area (TPSA) is 108 Å². The Morgan fingerprint density at radius 3 is 2.36 bits per heavy atom. The van der Waals surface area contributed by atoms with Crippen LogP contribution in [-0.2, 0) is 14.8 Å². The Labute approximate surface area is 219 Å². The molecular weight excluding hydrogens is 546 g/mol. The molecule has 0 saturated carbocycles. The number of aryl methyl sites for hydroxylation is 1. The van der Waals surface area contributed by atoms with Gasteiger partial charge in [-0.25, -0.2) is 13.8 Å². The summed E-state index contributed by atoms with van der Waals surface area (Å²) in [7, 11) is -2.61. The third kappa shape index (κ3) is 6.44. The van der Waals surface area contributed by atoms with Crippen molar-refractivity contribution in [3.05, 3.63) is 81.8 Å². The fourth-order valence-electron chi connectivity index (χ4n) is 3.35. The molecule has 190 valence electrons. The number of benzene rings is 3. The quantitative estimate of drug-likeness (QED) is 0.278. The predicted octanol–water partition coefficient (Wildman–Crippen LogP) is 4.94. The summed E-state index contributed by atoms with van der Waals surface area (Å²) in [5.41, 5.74) is 5.26. The number of rotatable bonds is 9. The lowest BCUT2D eigenvalue weighted by molar-refractivity contribution is -0.119. The average molecular weight is 574 g/mol. The van der Waals surface area contributed by atoms with Gasteiger partial charge in [0.25, 0.3) is 15.9 Å². The highest BCUT2D eigenvalue weighted by atomic mass is 79.9. The van der Waals surface area contributed by atoms with Crippen LogP contribution in [0.5, 0.6) is 11.5 Å². The molecule has 0 fully saturated rings. The van der Waals surface area contributed by atoms with Crippen molar-refractivity contribution in [1.29, 1.82) is 0 Å². The van der Waals surface area contributed by atoms with Crippen molar-refractivity contribution in [3.63, 3.8) is 0 Å². The van der Waals surface area contributed by atoms with Gasteiger partial charge in [0.1, 0.15) is 6.54 Å². The maximum absolute atomic E-state index is 13.5. The summed E-state index contributed by atoms with van der Waals surface area (Å²) in [4.78, 5) is 12.8. The summed E-state index contributed by atoms with van der Waals surface area (Å²) in [6.45, 7) is 5.48. The van der Waals surface area contributed by atoms with Crippen molar-refractivity contribution in [2.75, 3.05) is 18.0 Å². The van der Waals surface area contributed by atoms with Gasteiger partial charge in [-0.15, -0.1) is 0 Å². The van der Waals surface area contributed by atoms with Gasteiger partial charge in [-0.3, -0.25) is 9.10 Å².